The smallest absolute Gasteiger partial charge is 0.152 e. The highest BCUT2D eigenvalue weighted by molar-refractivity contribution is 5.83. The minimum absolute atomic E-state index is 0.206. The summed E-state index contributed by atoms with van der Waals surface area (Å²) in [5, 5.41) is 8.94. The number of rotatable bonds is 5. The summed E-state index contributed by atoms with van der Waals surface area (Å²) in [6, 6.07) is 9.44. The van der Waals surface area contributed by atoms with Crippen LogP contribution in [0.5, 0.6) is 0 Å². The standard InChI is InChI=1S/C13H16N2O/c1-3-6-12(16)10-15(2)13-8-5-4-7-11(13)9-14/h4-5,7-8H,3,6,10H2,1-2H3. The molecule has 1 aromatic rings. The van der Waals surface area contributed by atoms with Gasteiger partial charge in [0.15, 0.2) is 5.78 Å². The zero-order valence-corrected chi connectivity index (χ0v) is 9.73. The van der Waals surface area contributed by atoms with Gasteiger partial charge in [-0.05, 0) is 18.6 Å². The normalized spacial score (nSPS) is 9.56. The molecule has 0 fully saturated rings. The van der Waals surface area contributed by atoms with E-state index < -0.39 is 0 Å². The lowest BCUT2D eigenvalue weighted by Crippen LogP contribution is -2.25. The lowest BCUT2D eigenvalue weighted by atomic mass is 10.1. The fraction of sp³-hybridized carbons (Fsp3) is 0.385. The Kier molecular flexibility index (Phi) is 4.53. The van der Waals surface area contributed by atoms with Gasteiger partial charge in [0.1, 0.15) is 6.07 Å². The Hall–Kier alpha value is -1.82. The highest BCUT2D eigenvalue weighted by atomic mass is 16.1. The number of benzene rings is 1. The highest BCUT2D eigenvalue weighted by Gasteiger charge is 2.09. The van der Waals surface area contributed by atoms with Crippen molar-refractivity contribution in [3.8, 4) is 6.07 Å². The number of Topliss-reactive ketones (excluding diaryl/α,β-unsaturated/α-hetero) is 1. The predicted molar refractivity (Wildman–Crippen MR) is 64.3 cm³/mol. The Bertz CT molecular complexity index is 407. The number of carbonyl (C=O) groups excluding carboxylic acids is 1. The summed E-state index contributed by atoms with van der Waals surface area (Å²) in [6.07, 6.45) is 1.46. The molecule has 0 unspecified atom stereocenters. The largest absolute Gasteiger partial charge is 0.366 e. The Morgan fingerprint density at radius 1 is 1.44 bits per heavy atom. The van der Waals surface area contributed by atoms with E-state index in [0.29, 0.717) is 18.5 Å². The molecule has 0 N–H and O–H groups in total. The van der Waals surface area contributed by atoms with Crippen LogP contribution in [0.4, 0.5) is 5.69 Å². The van der Waals surface area contributed by atoms with Crippen molar-refractivity contribution in [3.63, 3.8) is 0 Å². The van der Waals surface area contributed by atoms with E-state index in [1.54, 1.807) is 6.07 Å². The third-order valence-corrected chi connectivity index (χ3v) is 2.38. The van der Waals surface area contributed by atoms with Crippen LogP contribution >= 0.6 is 0 Å². The molecule has 0 atom stereocenters. The van der Waals surface area contributed by atoms with Gasteiger partial charge >= 0.3 is 0 Å². The van der Waals surface area contributed by atoms with Crippen LogP contribution in [-0.2, 0) is 4.79 Å². The third kappa shape index (κ3) is 3.09. The molecule has 0 spiro atoms. The minimum Gasteiger partial charge on any atom is -0.366 e. The van der Waals surface area contributed by atoms with E-state index >= 15 is 0 Å². The number of nitriles is 1. The highest BCUT2D eigenvalue weighted by Crippen LogP contribution is 2.17. The predicted octanol–water partition coefficient (Wildman–Crippen LogP) is 2.36. The van der Waals surface area contributed by atoms with E-state index in [4.69, 9.17) is 5.26 Å². The van der Waals surface area contributed by atoms with Gasteiger partial charge in [0.25, 0.3) is 0 Å². The molecule has 16 heavy (non-hydrogen) atoms. The molecule has 3 heteroatoms. The number of nitrogens with zero attached hydrogens (tertiary/aromatic N) is 2. The first-order valence-electron chi connectivity index (χ1n) is 5.41. The van der Waals surface area contributed by atoms with Crippen LogP contribution in [0.3, 0.4) is 0 Å². The van der Waals surface area contributed by atoms with E-state index in [-0.39, 0.29) is 5.78 Å². The molecular weight excluding hydrogens is 200 g/mol. The number of hydrogen-bond donors (Lipinski definition) is 0. The van der Waals surface area contributed by atoms with E-state index in [2.05, 4.69) is 6.07 Å². The van der Waals surface area contributed by atoms with Crippen molar-refractivity contribution < 1.29 is 4.79 Å². The van der Waals surface area contributed by atoms with Gasteiger partial charge in [-0.25, -0.2) is 0 Å². The Labute approximate surface area is 96.3 Å². The molecule has 0 amide bonds. The summed E-state index contributed by atoms with van der Waals surface area (Å²) in [7, 11) is 1.84. The van der Waals surface area contributed by atoms with Crippen LogP contribution in [0.1, 0.15) is 25.3 Å². The van der Waals surface area contributed by atoms with Gasteiger partial charge < -0.3 is 4.90 Å². The summed E-state index contributed by atoms with van der Waals surface area (Å²) in [6.45, 7) is 2.35. The van der Waals surface area contributed by atoms with Crippen LogP contribution in [0.25, 0.3) is 0 Å². The maximum absolute atomic E-state index is 11.5. The Morgan fingerprint density at radius 2 is 2.12 bits per heavy atom. The van der Waals surface area contributed by atoms with Crippen molar-refractivity contribution >= 4 is 11.5 Å². The first-order valence-corrected chi connectivity index (χ1v) is 5.41. The second kappa shape index (κ2) is 5.92. The van der Waals surface area contributed by atoms with Crippen molar-refractivity contribution in [2.45, 2.75) is 19.8 Å². The number of ketones is 1. The van der Waals surface area contributed by atoms with Gasteiger partial charge in [0, 0.05) is 13.5 Å². The molecule has 3 nitrogen and oxygen atoms in total. The molecule has 0 radical (unpaired) electrons. The van der Waals surface area contributed by atoms with Gasteiger partial charge in [-0.3, -0.25) is 4.79 Å². The van der Waals surface area contributed by atoms with Gasteiger partial charge in [0.2, 0.25) is 0 Å². The first-order chi connectivity index (χ1) is 7.69. The molecule has 0 aromatic heterocycles. The molecule has 0 saturated carbocycles. The molecule has 0 saturated heterocycles. The van der Waals surface area contributed by atoms with Crippen LogP contribution in [-0.4, -0.2) is 19.4 Å². The summed E-state index contributed by atoms with van der Waals surface area (Å²) in [4.78, 5) is 13.3. The molecule has 0 heterocycles. The second-order valence-electron chi connectivity index (χ2n) is 3.77. The van der Waals surface area contributed by atoms with Crippen molar-refractivity contribution in [1.82, 2.24) is 0 Å². The lowest BCUT2D eigenvalue weighted by molar-refractivity contribution is -0.117. The monoisotopic (exact) mass is 216 g/mol. The molecule has 1 rings (SSSR count). The van der Waals surface area contributed by atoms with Crippen molar-refractivity contribution in [1.29, 1.82) is 5.26 Å². The van der Waals surface area contributed by atoms with Gasteiger partial charge in [-0.2, -0.15) is 5.26 Å². The van der Waals surface area contributed by atoms with Crippen molar-refractivity contribution in [2.24, 2.45) is 0 Å². The number of hydrogen-bond acceptors (Lipinski definition) is 3. The molecule has 84 valence electrons. The van der Waals surface area contributed by atoms with Crippen molar-refractivity contribution in [2.75, 3.05) is 18.5 Å². The molecule has 0 aliphatic rings. The van der Waals surface area contributed by atoms with Gasteiger partial charge in [0.05, 0.1) is 17.8 Å². The lowest BCUT2D eigenvalue weighted by Gasteiger charge is -2.19. The van der Waals surface area contributed by atoms with Crippen LogP contribution in [0.2, 0.25) is 0 Å². The minimum atomic E-state index is 0.206. The number of anilines is 1. The summed E-state index contributed by atoms with van der Waals surface area (Å²) >= 11 is 0. The molecule has 1 aromatic carbocycles. The third-order valence-electron chi connectivity index (χ3n) is 2.38. The van der Waals surface area contributed by atoms with E-state index in [1.165, 1.54) is 0 Å². The fourth-order valence-corrected chi connectivity index (χ4v) is 1.61. The van der Waals surface area contributed by atoms with Crippen LogP contribution < -0.4 is 4.90 Å². The van der Waals surface area contributed by atoms with Crippen molar-refractivity contribution in [3.05, 3.63) is 29.8 Å². The molecular formula is C13H16N2O. The summed E-state index contributed by atoms with van der Waals surface area (Å²) < 4.78 is 0. The quantitative estimate of drug-likeness (QED) is 0.759. The average molecular weight is 216 g/mol. The number of carbonyl (C=O) groups is 1. The number of para-hydroxylation sites is 1. The zero-order chi connectivity index (χ0) is 12.0. The molecule has 0 aliphatic carbocycles. The van der Waals surface area contributed by atoms with E-state index in [9.17, 15) is 4.79 Å². The Balaban J connectivity index is 2.77. The van der Waals surface area contributed by atoms with Crippen LogP contribution in [0, 0.1) is 11.3 Å². The first kappa shape index (κ1) is 12.3. The SMILES string of the molecule is CCCC(=O)CN(C)c1ccccc1C#N. The zero-order valence-electron chi connectivity index (χ0n) is 9.73. The topological polar surface area (TPSA) is 44.1 Å². The molecule has 0 bridgehead atoms. The number of likely N-dealkylation sites (N-methyl/N-ethyl adjacent to an activating group) is 1. The van der Waals surface area contributed by atoms with E-state index in [0.717, 1.165) is 12.1 Å². The Morgan fingerprint density at radius 3 is 2.75 bits per heavy atom. The van der Waals surface area contributed by atoms with Crippen LogP contribution in [0.15, 0.2) is 24.3 Å². The summed E-state index contributed by atoms with van der Waals surface area (Å²) in [5.41, 5.74) is 1.42. The second-order valence-corrected chi connectivity index (χ2v) is 3.77. The van der Waals surface area contributed by atoms with Gasteiger partial charge in [-0.15, -0.1) is 0 Å². The average Bonchev–Trinajstić information content (AvgIpc) is 2.29. The maximum atomic E-state index is 11.5. The van der Waals surface area contributed by atoms with Gasteiger partial charge in [-0.1, -0.05) is 19.1 Å². The fourth-order valence-electron chi connectivity index (χ4n) is 1.61. The molecule has 0 aliphatic heterocycles. The maximum Gasteiger partial charge on any atom is 0.152 e. The summed E-state index contributed by atoms with van der Waals surface area (Å²) in [5.74, 6) is 0.206. The van der Waals surface area contributed by atoms with E-state index in [1.807, 2.05) is 37.1 Å².